The number of carbonyl (C=O) groups excluding carboxylic acids is 1. The van der Waals surface area contributed by atoms with Gasteiger partial charge >= 0.3 is 6.03 Å². The Morgan fingerprint density at radius 1 is 1.00 bits per heavy atom. The van der Waals surface area contributed by atoms with Crippen LogP contribution in [0.1, 0.15) is 22.7 Å². The van der Waals surface area contributed by atoms with Gasteiger partial charge in [0.25, 0.3) is 5.69 Å². The Bertz CT molecular complexity index is 1180. The van der Waals surface area contributed by atoms with Crippen LogP contribution in [0.3, 0.4) is 0 Å². The number of nitro benzene ring substituents is 1. The predicted molar refractivity (Wildman–Crippen MR) is 127 cm³/mol. The summed E-state index contributed by atoms with van der Waals surface area (Å²) in [6, 6.07) is 19.8. The van der Waals surface area contributed by atoms with Crippen LogP contribution in [0, 0.1) is 10.1 Å². The molecule has 4 aromatic rings. The van der Waals surface area contributed by atoms with Crippen LogP contribution < -0.4 is 10.6 Å². The van der Waals surface area contributed by atoms with E-state index in [2.05, 4.69) is 10.6 Å². The lowest BCUT2D eigenvalue weighted by atomic mass is 9.96. The maximum atomic E-state index is 12.4. The van der Waals surface area contributed by atoms with E-state index in [1.807, 2.05) is 53.2 Å². The number of nitrogens with zero attached hydrogens (tertiary/aromatic N) is 2. The summed E-state index contributed by atoms with van der Waals surface area (Å²) in [4.78, 5) is 28.9. The highest BCUT2D eigenvalue weighted by Crippen LogP contribution is 2.32. The van der Waals surface area contributed by atoms with Crippen molar-refractivity contribution in [2.75, 3.05) is 6.54 Å². The summed E-state index contributed by atoms with van der Waals surface area (Å²) < 4.78 is 0. The van der Waals surface area contributed by atoms with Crippen molar-refractivity contribution < 1.29 is 9.72 Å². The Balaban J connectivity index is 1.49. The van der Waals surface area contributed by atoms with E-state index < -0.39 is 4.92 Å². The molecule has 0 aliphatic carbocycles. The van der Waals surface area contributed by atoms with Crippen LogP contribution in [0.5, 0.6) is 0 Å². The molecular formula is C23H20N4O3S2. The van der Waals surface area contributed by atoms with Crippen molar-refractivity contribution in [2.45, 2.75) is 12.5 Å². The lowest BCUT2D eigenvalue weighted by molar-refractivity contribution is -0.384. The number of benzene rings is 2. The third-order valence-corrected chi connectivity index (χ3v) is 6.78. The third-order valence-electron chi connectivity index (χ3n) is 4.88. The zero-order chi connectivity index (χ0) is 22.3. The van der Waals surface area contributed by atoms with Gasteiger partial charge in [0, 0.05) is 36.5 Å². The Labute approximate surface area is 192 Å². The molecule has 162 valence electrons. The lowest BCUT2D eigenvalue weighted by Crippen LogP contribution is -2.37. The molecule has 32 heavy (non-hydrogen) atoms. The molecule has 0 spiro atoms. The van der Waals surface area contributed by atoms with Crippen molar-refractivity contribution in [3.8, 4) is 9.88 Å². The van der Waals surface area contributed by atoms with Gasteiger partial charge in [0.15, 0.2) is 0 Å². The molecule has 0 radical (unpaired) electrons. The molecule has 2 N–H and O–H groups in total. The van der Waals surface area contributed by atoms with Gasteiger partial charge in [0.1, 0.15) is 5.01 Å². The van der Waals surface area contributed by atoms with Crippen LogP contribution in [0.25, 0.3) is 9.88 Å². The molecule has 0 bridgehead atoms. The first-order valence-electron chi connectivity index (χ1n) is 9.89. The van der Waals surface area contributed by atoms with Crippen molar-refractivity contribution in [1.29, 1.82) is 0 Å². The number of rotatable bonds is 8. The minimum atomic E-state index is -0.425. The second-order valence-electron chi connectivity index (χ2n) is 7.01. The molecule has 2 aromatic carbocycles. The van der Waals surface area contributed by atoms with E-state index in [1.54, 1.807) is 34.8 Å². The first-order chi connectivity index (χ1) is 15.6. The Morgan fingerprint density at radius 2 is 1.78 bits per heavy atom. The second-order valence-corrected chi connectivity index (χ2v) is 8.81. The van der Waals surface area contributed by atoms with E-state index in [0.717, 1.165) is 26.7 Å². The molecule has 0 saturated heterocycles. The topological polar surface area (TPSA) is 97.2 Å². The number of carbonyl (C=O) groups is 1. The Morgan fingerprint density at radius 3 is 2.47 bits per heavy atom. The highest BCUT2D eigenvalue weighted by atomic mass is 32.1. The SMILES string of the molecule is O=C(NCc1ccccc1)NCC(c1ccc([N+](=O)[O-])cc1)c1csc(-c2cccs2)n1. The van der Waals surface area contributed by atoms with Gasteiger partial charge in [-0.2, -0.15) is 0 Å². The summed E-state index contributed by atoms with van der Waals surface area (Å²) >= 11 is 3.16. The quantitative estimate of drug-likeness (QED) is 0.269. The molecule has 2 heterocycles. The molecule has 1 atom stereocenters. The predicted octanol–water partition coefficient (Wildman–Crippen LogP) is 5.41. The van der Waals surface area contributed by atoms with Gasteiger partial charge in [-0.05, 0) is 22.6 Å². The van der Waals surface area contributed by atoms with Crippen molar-refractivity contribution in [2.24, 2.45) is 0 Å². The third kappa shape index (κ3) is 5.37. The molecule has 0 saturated carbocycles. The number of nitro groups is 1. The van der Waals surface area contributed by atoms with E-state index in [1.165, 1.54) is 12.1 Å². The number of amides is 2. The molecule has 9 heteroatoms. The van der Waals surface area contributed by atoms with Crippen LogP contribution in [0.4, 0.5) is 10.5 Å². The molecule has 2 amide bonds. The average molecular weight is 465 g/mol. The summed E-state index contributed by atoms with van der Waals surface area (Å²) in [5.41, 5.74) is 2.70. The standard InChI is InChI=1S/C23H20N4O3S2/c28-23(24-13-16-5-2-1-3-6-16)25-14-19(17-8-10-18(11-9-17)27(29)30)20-15-32-22(26-20)21-7-4-12-31-21/h1-12,15,19H,13-14H2,(H2,24,25,28). The molecule has 0 aliphatic heterocycles. The Kier molecular flexibility index (Phi) is 6.88. The number of aromatic nitrogens is 1. The zero-order valence-electron chi connectivity index (χ0n) is 16.9. The Hall–Kier alpha value is -3.56. The molecule has 0 fully saturated rings. The molecule has 7 nitrogen and oxygen atoms in total. The zero-order valence-corrected chi connectivity index (χ0v) is 18.6. The normalized spacial score (nSPS) is 11.6. The average Bonchev–Trinajstić information content (AvgIpc) is 3.51. The summed E-state index contributed by atoms with van der Waals surface area (Å²) in [7, 11) is 0. The maximum absolute atomic E-state index is 12.4. The van der Waals surface area contributed by atoms with Crippen molar-refractivity contribution in [3.63, 3.8) is 0 Å². The van der Waals surface area contributed by atoms with Crippen LogP contribution in [-0.2, 0) is 6.54 Å². The number of nitrogens with one attached hydrogen (secondary N) is 2. The first-order valence-corrected chi connectivity index (χ1v) is 11.7. The maximum Gasteiger partial charge on any atom is 0.315 e. The fourth-order valence-corrected chi connectivity index (χ4v) is 4.90. The molecular weight excluding hydrogens is 444 g/mol. The van der Waals surface area contributed by atoms with Crippen molar-refractivity contribution in [3.05, 3.63) is 104 Å². The van der Waals surface area contributed by atoms with Crippen LogP contribution in [-0.4, -0.2) is 22.5 Å². The summed E-state index contributed by atoms with van der Waals surface area (Å²) in [6.45, 7) is 0.736. The highest BCUT2D eigenvalue weighted by Gasteiger charge is 2.20. The van der Waals surface area contributed by atoms with Crippen LogP contribution in [0.2, 0.25) is 0 Å². The molecule has 1 unspecified atom stereocenters. The summed E-state index contributed by atoms with van der Waals surface area (Å²) in [5, 5.41) is 21.7. The van der Waals surface area contributed by atoms with Gasteiger partial charge in [-0.15, -0.1) is 22.7 Å². The highest BCUT2D eigenvalue weighted by molar-refractivity contribution is 7.20. The smallest absolute Gasteiger partial charge is 0.315 e. The van der Waals surface area contributed by atoms with Crippen molar-refractivity contribution in [1.82, 2.24) is 15.6 Å². The minimum Gasteiger partial charge on any atom is -0.337 e. The van der Waals surface area contributed by atoms with Crippen molar-refractivity contribution >= 4 is 34.4 Å². The number of non-ortho nitro benzene ring substituents is 1. The molecule has 2 aromatic heterocycles. The molecule has 0 aliphatic rings. The van der Waals surface area contributed by atoms with E-state index >= 15 is 0 Å². The van der Waals surface area contributed by atoms with E-state index in [4.69, 9.17) is 4.98 Å². The van der Waals surface area contributed by atoms with Gasteiger partial charge in [-0.25, -0.2) is 9.78 Å². The van der Waals surface area contributed by atoms with E-state index in [0.29, 0.717) is 13.1 Å². The van der Waals surface area contributed by atoms with Gasteiger partial charge in [0.05, 0.1) is 15.5 Å². The number of hydrogen-bond donors (Lipinski definition) is 2. The van der Waals surface area contributed by atoms with Gasteiger partial charge < -0.3 is 10.6 Å². The fourth-order valence-electron chi connectivity index (χ4n) is 3.22. The lowest BCUT2D eigenvalue weighted by Gasteiger charge is -2.17. The van der Waals surface area contributed by atoms with Crippen LogP contribution in [0.15, 0.2) is 77.5 Å². The first kappa shape index (κ1) is 21.7. The van der Waals surface area contributed by atoms with Gasteiger partial charge in [-0.1, -0.05) is 48.5 Å². The summed E-state index contributed by atoms with van der Waals surface area (Å²) in [6.07, 6.45) is 0. The number of thiazole rings is 1. The second kappa shape index (κ2) is 10.2. The van der Waals surface area contributed by atoms with E-state index in [9.17, 15) is 14.9 Å². The number of hydrogen-bond acceptors (Lipinski definition) is 6. The van der Waals surface area contributed by atoms with Gasteiger partial charge in [-0.3, -0.25) is 10.1 Å². The number of thiophene rings is 1. The largest absolute Gasteiger partial charge is 0.337 e. The minimum absolute atomic E-state index is 0.0265. The van der Waals surface area contributed by atoms with E-state index in [-0.39, 0.29) is 17.6 Å². The number of urea groups is 1. The summed E-state index contributed by atoms with van der Waals surface area (Å²) in [5.74, 6) is -0.233. The fraction of sp³-hybridized carbons (Fsp3) is 0.130. The van der Waals surface area contributed by atoms with Gasteiger partial charge in [0.2, 0.25) is 0 Å². The van der Waals surface area contributed by atoms with Crippen LogP contribution >= 0.6 is 22.7 Å². The monoisotopic (exact) mass is 464 g/mol. The molecule has 4 rings (SSSR count).